The Balaban J connectivity index is 2.64. The Bertz CT molecular complexity index is 518. The Morgan fingerprint density at radius 1 is 1.30 bits per heavy atom. The van der Waals surface area contributed by atoms with E-state index in [-0.39, 0.29) is 29.9 Å². The van der Waals surface area contributed by atoms with Crippen molar-refractivity contribution in [2.75, 3.05) is 19.8 Å². The highest BCUT2D eigenvalue weighted by molar-refractivity contribution is 5.75. The van der Waals surface area contributed by atoms with Gasteiger partial charge in [0.05, 0.1) is 6.61 Å². The van der Waals surface area contributed by atoms with Crippen molar-refractivity contribution in [3.8, 4) is 0 Å². The number of carbonyl (C=O) groups excluding carboxylic acids is 1. The van der Waals surface area contributed by atoms with Gasteiger partial charge >= 0.3 is 12.1 Å². The number of carboxylic acids is 1. The first-order valence-corrected chi connectivity index (χ1v) is 9.56. The van der Waals surface area contributed by atoms with E-state index in [0.29, 0.717) is 6.54 Å². The summed E-state index contributed by atoms with van der Waals surface area (Å²) in [5, 5.41) is 34.2. The number of aliphatic hydroxyl groups excluding tert-OH is 2. The molecule has 4 atom stereocenters. The van der Waals surface area contributed by atoms with Crippen LogP contribution >= 0.6 is 0 Å². The predicted molar refractivity (Wildman–Crippen MR) is 101 cm³/mol. The number of ether oxygens (including phenoxy) is 1. The van der Waals surface area contributed by atoms with Gasteiger partial charge in [0, 0.05) is 12.6 Å². The van der Waals surface area contributed by atoms with Crippen molar-refractivity contribution >= 4 is 12.1 Å². The fourth-order valence-corrected chi connectivity index (χ4v) is 4.31. The SMILES string of the molecule is CCC(CO)(COC(=O)NCC1(C)CC(NC(C)O)CC(C)(C)C1)C(=O)O. The second-order valence-corrected chi connectivity index (χ2v) is 9.13. The van der Waals surface area contributed by atoms with Crippen molar-refractivity contribution in [3.05, 3.63) is 0 Å². The first kappa shape index (κ1) is 23.7. The second kappa shape index (κ2) is 9.21. The Hall–Kier alpha value is -1.38. The van der Waals surface area contributed by atoms with Crippen LogP contribution in [0.25, 0.3) is 0 Å². The Morgan fingerprint density at radius 2 is 1.93 bits per heavy atom. The third-order valence-electron chi connectivity index (χ3n) is 5.49. The van der Waals surface area contributed by atoms with Crippen LogP contribution in [-0.2, 0) is 9.53 Å². The molecule has 0 radical (unpaired) electrons. The van der Waals surface area contributed by atoms with Gasteiger partial charge in [0.15, 0.2) is 0 Å². The van der Waals surface area contributed by atoms with Crippen molar-refractivity contribution in [3.63, 3.8) is 0 Å². The van der Waals surface area contributed by atoms with Crippen LogP contribution in [0.4, 0.5) is 4.79 Å². The summed E-state index contributed by atoms with van der Waals surface area (Å²) >= 11 is 0. The van der Waals surface area contributed by atoms with E-state index in [1.807, 2.05) is 0 Å². The molecule has 1 fully saturated rings. The minimum atomic E-state index is -1.47. The lowest BCUT2D eigenvalue weighted by Crippen LogP contribution is -2.51. The molecule has 0 heterocycles. The highest BCUT2D eigenvalue weighted by Crippen LogP contribution is 2.45. The molecule has 0 bridgehead atoms. The van der Waals surface area contributed by atoms with E-state index in [4.69, 9.17) is 4.74 Å². The summed E-state index contributed by atoms with van der Waals surface area (Å²) in [6, 6.07) is 0.144. The number of hydrogen-bond donors (Lipinski definition) is 5. The van der Waals surface area contributed by atoms with Crippen LogP contribution in [0.3, 0.4) is 0 Å². The molecular weight excluding hydrogens is 352 g/mol. The Labute approximate surface area is 161 Å². The molecule has 1 rings (SSSR count). The van der Waals surface area contributed by atoms with Crippen molar-refractivity contribution < 1.29 is 29.6 Å². The lowest BCUT2D eigenvalue weighted by molar-refractivity contribution is -0.154. The molecule has 0 saturated heterocycles. The maximum Gasteiger partial charge on any atom is 0.407 e. The van der Waals surface area contributed by atoms with Crippen molar-refractivity contribution in [2.45, 2.75) is 72.6 Å². The van der Waals surface area contributed by atoms with E-state index in [9.17, 15) is 24.9 Å². The summed E-state index contributed by atoms with van der Waals surface area (Å²) in [5.41, 5.74) is -1.60. The average molecular weight is 389 g/mol. The van der Waals surface area contributed by atoms with Crippen LogP contribution in [0, 0.1) is 16.2 Å². The molecule has 8 heteroatoms. The van der Waals surface area contributed by atoms with Crippen LogP contribution in [0.1, 0.15) is 60.3 Å². The third-order valence-corrected chi connectivity index (χ3v) is 5.49. The van der Waals surface area contributed by atoms with E-state index in [0.717, 1.165) is 19.3 Å². The van der Waals surface area contributed by atoms with Crippen LogP contribution in [0.5, 0.6) is 0 Å². The largest absolute Gasteiger partial charge is 0.481 e. The zero-order chi connectivity index (χ0) is 20.9. The van der Waals surface area contributed by atoms with Gasteiger partial charge in [0.2, 0.25) is 0 Å². The summed E-state index contributed by atoms with van der Waals surface area (Å²) in [6.07, 6.45) is 1.52. The fourth-order valence-electron chi connectivity index (χ4n) is 4.31. The number of aliphatic carboxylic acids is 1. The van der Waals surface area contributed by atoms with Gasteiger partial charge in [-0.25, -0.2) is 4.79 Å². The molecule has 5 N–H and O–H groups in total. The van der Waals surface area contributed by atoms with E-state index >= 15 is 0 Å². The topological polar surface area (TPSA) is 128 Å². The van der Waals surface area contributed by atoms with Crippen molar-refractivity contribution in [1.82, 2.24) is 10.6 Å². The summed E-state index contributed by atoms with van der Waals surface area (Å²) in [7, 11) is 0. The predicted octanol–water partition coefficient (Wildman–Crippen LogP) is 1.70. The maximum atomic E-state index is 12.1. The number of alkyl carbamates (subject to hydrolysis) is 1. The summed E-state index contributed by atoms with van der Waals surface area (Å²) in [5.74, 6) is -1.19. The molecule has 1 amide bonds. The molecule has 0 aromatic rings. The molecular formula is C19H36N2O6. The number of amides is 1. The minimum absolute atomic E-state index is 0.0582. The van der Waals surface area contributed by atoms with Gasteiger partial charge in [-0.3, -0.25) is 10.1 Å². The van der Waals surface area contributed by atoms with E-state index in [1.54, 1.807) is 13.8 Å². The summed E-state index contributed by atoms with van der Waals surface area (Å²) < 4.78 is 5.08. The maximum absolute atomic E-state index is 12.1. The van der Waals surface area contributed by atoms with Gasteiger partial charge in [0.1, 0.15) is 18.2 Å². The van der Waals surface area contributed by atoms with Crippen molar-refractivity contribution in [2.24, 2.45) is 16.2 Å². The highest BCUT2D eigenvalue weighted by Gasteiger charge is 2.42. The molecule has 158 valence electrons. The molecule has 1 saturated carbocycles. The summed E-state index contributed by atoms with van der Waals surface area (Å²) in [6.45, 7) is 9.17. The Morgan fingerprint density at radius 3 is 2.41 bits per heavy atom. The van der Waals surface area contributed by atoms with Crippen LogP contribution in [-0.4, -0.2) is 59.4 Å². The molecule has 0 aromatic heterocycles. The van der Waals surface area contributed by atoms with E-state index in [1.165, 1.54) is 0 Å². The van der Waals surface area contributed by atoms with Crippen LogP contribution in [0.15, 0.2) is 0 Å². The zero-order valence-electron chi connectivity index (χ0n) is 17.2. The van der Waals surface area contributed by atoms with Gasteiger partial charge in [0.25, 0.3) is 0 Å². The number of nitrogens with one attached hydrogen (secondary N) is 2. The normalized spacial score (nSPS) is 28.0. The smallest absolute Gasteiger partial charge is 0.407 e. The quantitative estimate of drug-likeness (QED) is 0.380. The first-order valence-electron chi connectivity index (χ1n) is 9.56. The lowest BCUT2D eigenvalue weighted by atomic mass is 9.62. The molecule has 4 unspecified atom stereocenters. The third kappa shape index (κ3) is 6.93. The molecule has 27 heavy (non-hydrogen) atoms. The standard InChI is InChI=1S/C19H36N2O6/c1-6-19(11-22,15(24)25)12-27-16(26)20-10-18(5)8-14(21-13(2)23)7-17(3,4)9-18/h13-14,21-23H,6-12H2,1-5H3,(H,20,26)(H,24,25). The van der Waals surface area contributed by atoms with Gasteiger partial charge in [-0.05, 0) is 43.4 Å². The zero-order valence-corrected chi connectivity index (χ0v) is 17.2. The highest BCUT2D eigenvalue weighted by atomic mass is 16.6. The number of aliphatic hydroxyl groups is 2. The van der Waals surface area contributed by atoms with Crippen LogP contribution in [0.2, 0.25) is 0 Å². The van der Waals surface area contributed by atoms with Gasteiger partial charge in [-0.15, -0.1) is 0 Å². The second-order valence-electron chi connectivity index (χ2n) is 9.13. The lowest BCUT2D eigenvalue weighted by Gasteiger charge is -2.47. The first-order chi connectivity index (χ1) is 12.4. The Kier molecular flexibility index (Phi) is 8.07. The molecule has 1 aliphatic rings. The monoisotopic (exact) mass is 388 g/mol. The van der Waals surface area contributed by atoms with Gasteiger partial charge < -0.3 is 25.4 Å². The van der Waals surface area contributed by atoms with E-state index in [2.05, 4.69) is 31.4 Å². The number of rotatable bonds is 9. The van der Waals surface area contributed by atoms with E-state index < -0.39 is 30.3 Å². The molecule has 0 aliphatic heterocycles. The molecule has 1 aliphatic carbocycles. The fraction of sp³-hybridized carbons (Fsp3) is 0.895. The molecule has 0 spiro atoms. The van der Waals surface area contributed by atoms with Gasteiger partial charge in [-0.2, -0.15) is 0 Å². The van der Waals surface area contributed by atoms with Crippen LogP contribution < -0.4 is 10.6 Å². The number of carboxylic acid groups (broad SMARTS) is 1. The number of hydrogen-bond acceptors (Lipinski definition) is 6. The van der Waals surface area contributed by atoms with Crippen molar-refractivity contribution in [1.29, 1.82) is 0 Å². The molecule has 8 nitrogen and oxygen atoms in total. The van der Waals surface area contributed by atoms with Gasteiger partial charge in [-0.1, -0.05) is 27.7 Å². The minimum Gasteiger partial charge on any atom is -0.481 e. The number of carbonyl (C=O) groups is 2. The molecule has 0 aromatic carbocycles. The summed E-state index contributed by atoms with van der Waals surface area (Å²) in [4.78, 5) is 23.4. The average Bonchev–Trinajstić information content (AvgIpc) is 2.51.